The van der Waals surface area contributed by atoms with Crippen LogP contribution in [0.5, 0.6) is 0 Å². The molecule has 3 nitrogen and oxygen atoms in total. The van der Waals surface area contributed by atoms with Crippen molar-refractivity contribution in [1.82, 2.24) is 0 Å². The SMILES string of the molecule is Nc1ccc(Cl)cc1NC(=O)CC1CCCCC1. The summed E-state index contributed by atoms with van der Waals surface area (Å²) in [5, 5.41) is 3.43. The fourth-order valence-electron chi connectivity index (χ4n) is 2.49. The second-order valence-corrected chi connectivity index (χ2v) is 5.42. The van der Waals surface area contributed by atoms with E-state index in [9.17, 15) is 4.79 Å². The number of nitrogens with two attached hydrogens (primary N) is 1. The predicted molar refractivity (Wildman–Crippen MR) is 75.7 cm³/mol. The van der Waals surface area contributed by atoms with Gasteiger partial charge in [-0.25, -0.2) is 0 Å². The molecule has 98 valence electrons. The lowest BCUT2D eigenvalue weighted by Crippen LogP contribution is -2.18. The number of benzene rings is 1. The minimum Gasteiger partial charge on any atom is -0.397 e. The molecule has 0 bridgehead atoms. The molecule has 2 rings (SSSR count). The van der Waals surface area contributed by atoms with E-state index in [0.29, 0.717) is 28.7 Å². The van der Waals surface area contributed by atoms with Crippen molar-refractivity contribution in [3.63, 3.8) is 0 Å². The second kappa shape index (κ2) is 6.10. The van der Waals surface area contributed by atoms with Gasteiger partial charge in [0.1, 0.15) is 0 Å². The Hall–Kier alpha value is -1.22. The summed E-state index contributed by atoms with van der Waals surface area (Å²) in [6, 6.07) is 5.11. The first kappa shape index (κ1) is 13.2. The van der Waals surface area contributed by atoms with Gasteiger partial charge in [-0.2, -0.15) is 0 Å². The third-order valence-corrected chi connectivity index (χ3v) is 3.72. The maximum atomic E-state index is 11.9. The van der Waals surface area contributed by atoms with E-state index < -0.39 is 0 Å². The standard InChI is InChI=1S/C14H19ClN2O/c15-11-6-7-12(16)13(9-11)17-14(18)8-10-4-2-1-3-5-10/h6-7,9-10H,1-5,8,16H2,(H,17,18). The van der Waals surface area contributed by atoms with Gasteiger partial charge >= 0.3 is 0 Å². The molecule has 0 spiro atoms. The minimum atomic E-state index is 0.0378. The highest BCUT2D eigenvalue weighted by Gasteiger charge is 2.17. The molecule has 1 saturated carbocycles. The molecular formula is C14H19ClN2O. The van der Waals surface area contributed by atoms with Gasteiger partial charge in [0.05, 0.1) is 11.4 Å². The first-order valence-corrected chi connectivity index (χ1v) is 6.88. The van der Waals surface area contributed by atoms with Crippen molar-refractivity contribution < 1.29 is 4.79 Å². The highest BCUT2D eigenvalue weighted by molar-refractivity contribution is 6.31. The summed E-state index contributed by atoms with van der Waals surface area (Å²) < 4.78 is 0. The molecule has 0 saturated heterocycles. The summed E-state index contributed by atoms with van der Waals surface area (Å²) in [6.45, 7) is 0. The van der Waals surface area contributed by atoms with Crippen LogP contribution in [-0.2, 0) is 4.79 Å². The minimum absolute atomic E-state index is 0.0378. The molecule has 18 heavy (non-hydrogen) atoms. The number of rotatable bonds is 3. The van der Waals surface area contributed by atoms with E-state index in [1.165, 1.54) is 32.1 Å². The maximum Gasteiger partial charge on any atom is 0.224 e. The van der Waals surface area contributed by atoms with E-state index in [0.717, 1.165) is 0 Å². The zero-order valence-electron chi connectivity index (χ0n) is 10.4. The van der Waals surface area contributed by atoms with Crippen molar-refractivity contribution in [2.45, 2.75) is 38.5 Å². The lowest BCUT2D eigenvalue weighted by Gasteiger charge is -2.21. The molecule has 0 aliphatic heterocycles. The molecule has 0 radical (unpaired) electrons. The van der Waals surface area contributed by atoms with E-state index >= 15 is 0 Å². The summed E-state index contributed by atoms with van der Waals surface area (Å²) >= 11 is 5.89. The Bertz CT molecular complexity index is 428. The third-order valence-electron chi connectivity index (χ3n) is 3.49. The topological polar surface area (TPSA) is 55.1 Å². The smallest absolute Gasteiger partial charge is 0.224 e. The first-order valence-electron chi connectivity index (χ1n) is 6.50. The summed E-state index contributed by atoms with van der Waals surface area (Å²) in [4.78, 5) is 11.9. The Kier molecular flexibility index (Phi) is 4.48. The molecule has 0 atom stereocenters. The maximum absolute atomic E-state index is 11.9. The van der Waals surface area contributed by atoms with Gasteiger partial charge in [-0.1, -0.05) is 30.9 Å². The average Bonchev–Trinajstić information content (AvgIpc) is 2.35. The van der Waals surface area contributed by atoms with Gasteiger partial charge in [0.2, 0.25) is 5.91 Å². The van der Waals surface area contributed by atoms with Gasteiger partial charge in [0.25, 0.3) is 0 Å². The molecule has 0 aromatic heterocycles. The molecule has 1 aromatic rings. The Morgan fingerprint density at radius 1 is 1.33 bits per heavy atom. The number of nitrogen functional groups attached to an aromatic ring is 1. The molecule has 1 aliphatic carbocycles. The number of carbonyl (C=O) groups excluding carboxylic acids is 1. The summed E-state index contributed by atoms with van der Waals surface area (Å²) in [6.07, 6.45) is 6.72. The van der Waals surface area contributed by atoms with Crippen LogP contribution in [0.2, 0.25) is 5.02 Å². The molecule has 0 heterocycles. The molecule has 1 amide bonds. The number of amides is 1. The van der Waals surface area contributed by atoms with Gasteiger partial charge in [0, 0.05) is 11.4 Å². The van der Waals surface area contributed by atoms with Crippen molar-refractivity contribution in [1.29, 1.82) is 0 Å². The Morgan fingerprint density at radius 3 is 2.78 bits per heavy atom. The van der Waals surface area contributed by atoms with Gasteiger partial charge in [-0.3, -0.25) is 4.79 Å². The quantitative estimate of drug-likeness (QED) is 0.817. The summed E-state index contributed by atoms with van der Waals surface area (Å²) in [5.74, 6) is 0.565. The van der Waals surface area contributed by atoms with Gasteiger partial charge in [0.15, 0.2) is 0 Å². The first-order chi connectivity index (χ1) is 8.65. The Morgan fingerprint density at radius 2 is 2.06 bits per heavy atom. The van der Waals surface area contributed by atoms with Crippen LogP contribution in [0.25, 0.3) is 0 Å². The number of halogens is 1. The van der Waals surface area contributed by atoms with Crippen LogP contribution in [0.15, 0.2) is 18.2 Å². The number of hydrogen-bond acceptors (Lipinski definition) is 2. The van der Waals surface area contributed by atoms with Crippen molar-refractivity contribution in [2.24, 2.45) is 5.92 Å². The van der Waals surface area contributed by atoms with Gasteiger partial charge in [-0.05, 0) is 37.0 Å². The zero-order chi connectivity index (χ0) is 13.0. The van der Waals surface area contributed by atoms with Crippen LogP contribution in [0, 0.1) is 5.92 Å². The number of nitrogens with one attached hydrogen (secondary N) is 1. The van der Waals surface area contributed by atoms with Crippen LogP contribution in [-0.4, -0.2) is 5.91 Å². The average molecular weight is 267 g/mol. The molecule has 0 unspecified atom stereocenters. The fraction of sp³-hybridized carbons (Fsp3) is 0.500. The molecule has 1 aromatic carbocycles. The largest absolute Gasteiger partial charge is 0.397 e. The van der Waals surface area contributed by atoms with E-state index in [1.54, 1.807) is 18.2 Å². The van der Waals surface area contributed by atoms with Gasteiger partial charge < -0.3 is 11.1 Å². The van der Waals surface area contributed by atoms with Crippen LogP contribution in [0.3, 0.4) is 0 Å². The van der Waals surface area contributed by atoms with Crippen molar-refractivity contribution in [3.8, 4) is 0 Å². The van der Waals surface area contributed by atoms with Crippen LogP contribution < -0.4 is 11.1 Å². The molecule has 1 aliphatic rings. The van der Waals surface area contributed by atoms with Crippen LogP contribution in [0.4, 0.5) is 11.4 Å². The van der Waals surface area contributed by atoms with Crippen LogP contribution in [0.1, 0.15) is 38.5 Å². The van der Waals surface area contributed by atoms with E-state index in [2.05, 4.69) is 5.32 Å². The van der Waals surface area contributed by atoms with Crippen molar-refractivity contribution >= 4 is 28.9 Å². The second-order valence-electron chi connectivity index (χ2n) is 4.99. The lowest BCUT2D eigenvalue weighted by molar-refractivity contribution is -0.117. The van der Waals surface area contributed by atoms with E-state index in [-0.39, 0.29) is 5.91 Å². The number of anilines is 2. The number of hydrogen-bond donors (Lipinski definition) is 2. The molecule has 1 fully saturated rings. The lowest BCUT2D eigenvalue weighted by atomic mass is 9.87. The fourth-order valence-corrected chi connectivity index (χ4v) is 2.66. The third kappa shape index (κ3) is 3.64. The van der Waals surface area contributed by atoms with Crippen molar-refractivity contribution in [3.05, 3.63) is 23.2 Å². The summed E-state index contributed by atoms with van der Waals surface area (Å²) in [7, 11) is 0. The normalized spacial score (nSPS) is 16.5. The highest BCUT2D eigenvalue weighted by Crippen LogP contribution is 2.28. The zero-order valence-corrected chi connectivity index (χ0v) is 11.2. The number of carbonyl (C=O) groups is 1. The van der Waals surface area contributed by atoms with Gasteiger partial charge in [-0.15, -0.1) is 0 Å². The van der Waals surface area contributed by atoms with E-state index in [4.69, 9.17) is 17.3 Å². The highest BCUT2D eigenvalue weighted by atomic mass is 35.5. The van der Waals surface area contributed by atoms with E-state index in [1.807, 2.05) is 0 Å². The summed E-state index contributed by atoms with van der Waals surface area (Å²) in [5.41, 5.74) is 6.96. The monoisotopic (exact) mass is 266 g/mol. The van der Waals surface area contributed by atoms with Crippen LogP contribution >= 0.6 is 11.6 Å². The van der Waals surface area contributed by atoms with Crippen molar-refractivity contribution in [2.75, 3.05) is 11.1 Å². The molecular weight excluding hydrogens is 248 g/mol. The Balaban J connectivity index is 1.92. The predicted octanol–water partition coefficient (Wildman–Crippen LogP) is 3.83. The Labute approximate surface area is 113 Å². The molecule has 3 N–H and O–H groups in total. The molecule has 4 heteroatoms.